The van der Waals surface area contributed by atoms with Crippen LogP contribution in [0.5, 0.6) is 34.5 Å². The average Bonchev–Trinajstić information content (AvgIpc) is 3.28. The number of carbonyl (C=O) groups is 3. The number of unbranched alkanes of at least 4 members (excludes halogenated alkanes) is 16. The highest BCUT2D eigenvalue weighted by molar-refractivity contribution is 6.31. The van der Waals surface area contributed by atoms with Crippen LogP contribution in [0, 0.1) is 0 Å². The number of fused-ring (bicyclic) bond motifs is 2. The molecule has 1 aliphatic carbocycles. The van der Waals surface area contributed by atoms with E-state index < -0.39 is 17.5 Å². The van der Waals surface area contributed by atoms with Gasteiger partial charge in [-0.2, -0.15) is 0 Å². The summed E-state index contributed by atoms with van der Waals surface area (Å²) in [5, 5.41) is 0. The van der Waals surface area contributed by atoms with E-state index in [1.165, 1.54) is 0 Å². The fourth-order valence-electron chi connectivity index (χ4n) is 7.63. The normalized spacial score (nSPS) is 11.9. The van der Waals surface area contributed by atoms with Crippen molar-refractivity contribution in [2.24, 2.45) is 0 Å². The highest BCUT2D eigenvalue weighted by atomic mass is 16.6. The van der Waals surface area contributed by atoms with Crippen molar-refractivity contribution in [1.29, 1.82) is 0 Å². The van der Waals surface area contributed by atoms with Gasteiger partial charge in [0.1, 0.15) is 6.61 Å². The molecule has 0 radical (unpaired) electrons. The molecule has 0 N–H and O–H groups in total. The van der Waals surface area contributed by atoms with E-state index in [0.717, 1.165) is 134 Å². The van der Waals surface area contributed by atoms with E-state index in [1.54, 1.807) is 12.1 Å². The topological polar surface area (TPSA) is 107 Å². The molecule has 4 rings (SSSR count). The largest absolute Gasteiger partial charge is 0.490 e. The molecule has 62 heavy (non-hydrogen) atoms. The van der Waals surface area contributed by atoms with Crippen molar-refractivity contribution in [2.75, 3.05) is 26.4 Å². The minimum Gasteiger partial charge on any atom is -0.490 e. The van der Waals surface area contributed by atoms with Gasteiger partial charge in [-0.25, -0.2) is 0 Å². The summed E-state index contributed by atoms with van der Waals surface area (Å²) in [6.45, 7) is 12.4. The summed E-state index contributed by atoms with van der Waals surface area (Å²) >= 11 is 0. The van der Waals surface area contributed by atoms with Crippen LogP contribution in [-0.2, 0) is 11.4 Å². The van der Waals surface area contributed by atoms with Gasteiger partial charge in [-0.1, -0.05) is 168 Å². The smallest absolute Gasteiger partial charge is 0.311 e. The number of ether oxygens (including phenoxy) is 6. The Labute approximate surface area is 372 Å². The van der Waals surface area contributed by atoms with E-state index >= 15 is 9.59 Å². The third-order valence-electron chi connectivity index (χ3n) is 11.3. The number of carbonyl (C=O) groups excluding carboxylic acids is 3. The number of hydrogen-bond acceptors (Lipinski definition) is 9. The summed E-state index contributed by atoms with van der Waals surface area (Å²) < 4.78 is 38.7. The maximum Gasteiger partial charge on any atom is 0.311 e. The van der Waals surface area contributed by atoms with Gasteiger partial charge in [0.15, 0.2) is 34.6 Å². The molecule has 0 aliphatic heterocycles. The van der Waals surface area contributed by atoms with Crippen LogP contribution in [-0.4, -0.2) is 44.0 Å². The minimum absolute atomic E-state index is 0.0140. The number of rotatable bonds is 34. The van der Waals surface area contributed by atoms with Crippen molar-refractivity contribution in [2.45, 2.75) is 182 Å². The van der Waals surface area contributed by atoms with Gasteiger partial charge >= 0.3 is 5.97 Å². The van der Waals surface area contributed by atoms with Crippen LogP contribution in [0.2, 0.25) is 0 Å². The van der Waals surface area contributed by atoms with Crippen molar-refractivity contribution in [3.63, 3.8) is 0 Å². The van der Waals surface area contributed by atoms with E-state index in [4.69, 9.17) is 28.4 Å². The Morgan fingerprint density at radius 1 is 0.435 bits per heavy atom. The molecule has 3 aromatic rings. The van der Waals surface area contributed by atoms with Crippen LogP contribution in [0.25, 0.3) is 0 Å². The molecule has 0 spiro atoms. The van der Waals surface area contributed by atoms with E-state index in [9.17, 15) is 4.79 Å². The molecule has 0 bridgehead atoms. The molecule has 0 fully saturated rings. The molecule has 9 nitrogen and oxygen atoms in total. The molecule has 0 amide bonds. The Hall–Kier alpha value is -4.53. The molecule has 342 valence electrons. The van der Waals surface area contributed by atoms with Crippen LogP contribution in [0.1, 0.15) is 213 Å². The summed E-state index contributed by atoms with van der Waals surface area (Å²) in [5.74, 6) is -0.213. The zero-order chi connectivity index (χ0) is 44.4. The second-order valence-corrected chi connectivity index (χ2v) is 16.6. The second-order valence-electron chi connectivity index (χ2n) is 16.6. The molecule has 0 unspecified atom stereocenters. The Balaban J connectivity index is 1.91. The van der Waals surface area contributed by atoms with Gasteiger partial charge in [0.2, 0.25) is 11.5 Å². The number of ketones is 2. The van der Waals surface area contributed by atoms with Crippen molar-refractivity contribution in [3.8, 4) is 34.5 Å². The molecular formula is C53H76O9. The SMILES string of the molecule is CCCCCCCC(=O)Oc1c(OCCCCCC)c(OCCCCCC)cc2c1C(=O)c1cc(OCCCCCC)c(OCCCCCC)c(OCc3ccccc3)c1C2=O. The Bertz CT molecular complexity index is 1800. The number of esters is 1. The fraction of sp³-hybridized carbons (Fsp3) is 0.604. The highest BCUT2D eigenvalue weighted by Crippen LogP contribution is 2.51. The Morgan fingerprint density at radius 2 is 0.839 bits per heavy atom. The summed E-state index contributed by atoms with van der Waals surface area (Å²) in [5.41, 5.74) is 1.14. The third kappa shape index (κ3) is 15.4. The summed E-state index contributed by atoms with van der Waals surface area (Å²) in [6.07, 6.45) is 20.6. The Kier molecular flexibility index (Phi) is 23.4. The highest BCUT2D eigenvalue weighted by Gasteiger charge is 2.41. The zero-order valence-electron chi connectivity index (χ0n) is 38.8. The lowest BCUT2D eigenvalue weighted by Crippen LogP contribution is -2.25. The molecule has 0 saturated carbocycles. The maximum atomic E-state index is 15.3. The van der Waals surface area contributed by atoms with Crippen molar-refractivity contribution < 1.29 is 42.8 Å². The third-order valence-corrected chi connectivity index (χ3v) is 11.3. The molecule has 0 heterocycles. The van der Waals surface area contributed by atoms with E-state index in [0.29, 0.717) is 44.3 Å². The Morgan fingerprint density at radius 3 is 1.31 bits per heavy atom. The van der Waals surface area contributed by atoms with Crippen molar-refractivity contribution >= 4 is 17.5 Å². The first-order valence-corrected chi connectivity index (χ1v) is 24.3. The predicted octanol–water partition coefficient (Wildman–Crippen LogP) is 14.1. The first kappa shape index (κ1) is 50.1. The van der Waals surface area contributed by atoms with Gasteiger partial charge in [-0.15, -0.1) is 0 Å². The number of benzene rings is 3. The van der Waals surface area contributed by atoms with Gasteiger partial charge in [-0.3, -0.25) is 14.4 Å². The maximum absolute atomic E-state index is 15.3. The molecule has 3 aromatic carbocycles. The van der Waals surface area contributed by atoms with Crippen LogP contribution in [0.3, 0.4) is 0 Å². The molecule has 1 aliphatic rings. The average molecular weight is 857 g/mol. The second kappa shape index (κ2) is 29.0. The quantitative estimate of drug-likeness (QED) is 0.0258. The first-order valence-electron chi connectivity index (χ1n) is 24.3. The van der Waals surface area contributed by atoms with Gasteiger partial charge in [0.05, 0.1) is 37.6 Å². The summed E-state index contributed by atoms with van der Waals surface area (Å²) in [4.78, 5) is 44.2. The lowest BCUT2D eigenvalue weighted by atomic mass is 9.82. The van der Waals surface area contributed by atoms with Gasteiger partial charge < -0.3 is 28.4 Å². The van der Waals surface area contributed by atoms with Crippen LogP contribution < -0.4 is 28.4 Å². The fourth-order valence-corrected chi connectivity index (χ4v) is 7.63. The zero-order valence-corrected chi connectivity index (χ0v) is 38.8. The van der Waals surface area contributed by atoms with Gasteiger partial charge in [0.25, 0.3) is 0 Å². The van der Waals surface area contributed by atoms with Crippen molar-refractivity contribution in [1.82, 2.24) is 0 Å². The monoisotopic (exact) mass is 857 g/mol. The molecule has 9 heteroatoms. The van der Waals surface area contributed by atoms with Gasteiger partial charge in [-0.05, 0) is 49.8 Å². The van der Waals surface area contributed by atoms with Gasteiger partial charge in [0, 0.05) is 17.5 Å². The minimum atomic E-state index is -0.486. The number of hydrogen-bond donors (Lipinski definition) is 0. The van der Waals surface area contributed by atoms with E-state index in [2.05, 4.69) is 34.6 Å². The van der Waals surface area contributed by atoms with Crippen LogP contribution >= 0.6 is 0 Å². The molecular weight excluding hydrogens is 781 g/mol. The van der Waals surface area contributed by atoms with E-state index in [1.807, 2.05) is 30.3 Å². The lowest BCUT2D eigenvalue weighted by molar-refractivity contribution is -0.134. The molecule has 0 atom stereocenters. The van der Waals surface area contributed by atoms with Crippen LogP contribution in [0.4, 0.5) is 0 Å². The van der Waals surface area contributed by atoms with E-state index in [-0.39, 0.29) is 58.3 Å². The summed E-state index contributed by atoms with van der Waals surface area (Å²) in [6, 6.07) is 12.9. The predicted molar refractivity (Wildman–Crippen MR) is 248 cm³/mol. The van der Waals surface area contributed by atoms with Crippen LogP contribution in [0.15, 0.2) is 42.5 Å². The van der Waals surface area contributed by atoms with Crippen molar-refractivity contribution in [3.05, 3.63) is 70.3 Å². The summed E-state index contributed by atoms with van der Waals surface area (Å²) in [7, 11) is 0. The standard InChI is InChI=1S/C53H76O9/c1-6-11-16-21-25-32-45(54)62-53-47-42(38-44(58-34-27-18-13-8-3)51(53)60-36-29-20-15-10-5)48(55)46-41(49(47)56)37-43(57-33-26-17-12-7-2)50(59-35-28-19-14-9-4)52(46)61-39-40-30-23-22-24-31-40/h22-24,30-31,37-38H,6-21,25-29,32-36,39H2,1-5H3. The molecule has 0 saturated heterocycles. The lowest BCUT2D eigenvalue weighted by Gasteiger charge is -2.27. The molecule has 0 aromatic heterocycles. The first-order chi connectivity index (χ1) is 30.4.